The second kappa shape index (κ2) is 14.1. The number of benzene rings is 3. The number of nitrogens with one attached hydrogen (secondary N) is 1. The van der Waals surface area contributed by atoms with E-state index in [-0.39, 0.29) is 31.0 Å². The predicted octanol–water partition coefficient (Wildman–Crippen LogP) is 7.34. The molecule has 0 saturated carbocycles. The fourth-order valence-electron chi connectivity index (χ4n) is 3.64. The highest BCUT2D eigenvalue weighted by atomic mass is 79.9. The molecule has 3 rings (SSSR count). The van der Waals surface area contributed by atoms with Crippen LogP contribution in [-0.2, 0) is 22.6 Å². The van der Waals surface area contributed by atoms with E-state index in [0.29, 0.717) is 32.8 Å². The molecule has 3 aromatic carbocycles. The molecular weight excluding hydrogens is 599 g/mol. The Labute approximate surface area is 241 Å². The van der Waals surface area contributed by atoms with E-state index in [2.05, 4.69) is 21.2 Å². The molecule has 0 aliphatic rings. The number of rotatable bonds is 11. The molecule has 0 saturated heterocycles. The van der Waals surface area contributed by atoms with Gasteiger partial charge in [-0.3, -0.25) is 9.59 Å². The van der Waals surface area contributed by atoms with Gasteiger partial charge >= 0.3 is 0 Å². The molecule has 5 nitrogen and oxygen atoms in total. The van der Waals surface area contributed by atoms with E-state index < -0.39 is 6.04 Å². The molecule has 0 aromatic heterocycles. The van der Waals surface area contributed by atoms with E-state index >= 15 is 0 Å². The van der Waals surface area contributed by atoms with Crippen LogP contribution in [0.2, 0.25) is 15.1 Å². The van der Waals surface area contributed by atoms with Gasteiger partial charge in [0.05, 0.1) is 5.02 Å². The van der Waals surface area contributed by atoms with Gasteiger partial charge in [0.2, 0.25) is 5.91 Å². The molecule has 0 aliphatic heterocycles. The normalized spacial score (nSPS) is 12.5. The highest BCUT2D eigenvalue weighted by Gasteiger charge is 2.31. The number of carbonyl (C=O) groups is 2. The quantitative estimate of drug-likeness (QED) is 0.242. The van der Waals surface area contributed by atoms with E-state index in [1.165, 1.54) is 4.90 Å². The SMILES string of the molecule is CC[C@@H](C)NC(=O)[C@@H](Cc1ccccc1)N(Cc1ccc(Cl)cc1Cl)C(=O)COc1ccc(Br)cc1Cl. The first kappa shape index (κ1) is 29.3. The van der Waals surface area contributed by atoms with E-state index in [0.717, 1.165) is 16.5 Å². The van der Waals surface area contributed by atoms with Crippen LogP contribution in [0.15, 0.2) is 71.2 Å². The van der Waals surface area contributed by atoms with Crippen LogP contribution in [0.25, 0.3) is 0 Å². The van der Waals surface area contributed by atoms with Gasteiger partial charge in [0, 0.05) is 33.5 Å². The Morgan fingerprint density at radius 3 is 2.38 bits per heavy atom. The molecule has 196 valence electrons. The molecule has 2 amide bonds. The van der Waals surface area contributed by atoms with Crippen LogP contribution in [0.3, 0.4) is 0 Å². The Kier molecular flexibility index (Phi) is 11.1. The largest absolute Gasteiger partial charge is 0.482 e. The summed E-state index contributed by atoms with van der Waals surface area (Å²) in [7, 11) is 0. The van der Waals surface area contributed by atoms with Crippen LogP contribution in [-0.4, -0.2) is 35.4 Å². The van der Waals surface area contributed by atoms with Crippen molar-refractivity contribution in [2.45, 2.75) is 45.3 Å². The van der Waals surface area contributed by atoms with E-state index in [1.54, 1.807) is 36.4 Å². The van der Waals surface area contributed by atoms with Gasteiger partial charge in [-0.15, -0.1) is 0 Å². The van der Waals surface area contributed by atoms with Crippen molar-refractivity contribution in [3.63, 3.8) is 0 Å². The molecule has 37 heavy (non-hydrogen) atoms. The summed E-state index contributed by atoms with van der Waals surface area (Å²) in [6, 6.07) is 18.9. The van der Waals surface area contributed by atoms with Crippen LogP contribution in [0, 0.1) is 0 Å². The Hall–Kier alpha value is -2.25. The molecule has 0 unspecified atom stereocenters. The molecule has 0 aliphatic carbocycles. The summed E-state index contributed by atoms with van der Waals surface area (Å²) in [6.07, 6.45) is 1.07. The lowest BCUT2D eigenvalue weighted by molar-refractivity contribution is -0.143. The maximum atomic E-state index is 13.7. The first-order chi connectivity index (χ1) is 17.7. The minimum atomic E-state index is -0.806. The molecule has 0 radical (unpaired) electrons. The van der Waals surface area contributed by atoms with Crippen molar-refractivity contribution >= 4 is 62.5 Å². The molecular formula is C28H28BrCl3N2O3. The first-order valence-electron chi connectivity index (χ1n) is 11.8. The smallest absolute Gasteiger partial charge is 0.261 e. The van der Waals surface area contributed by atoms with Crippen LogP contribution in [0.4, 0.5) is 0 Å². The van der Waals surface area contributed by atoms with Gasteiger partial charge in [-0.25, -0.2) is 0 Å². The molecule has 1 N–H and O–H groups in total. The lowest BCUT2D eigenvalue weighted by Gasteiger charge is -2.32. The second-order valence-electron chi connectivity index (χ2n) is 8.64. The summed E-state index contributed by atoms with van der Waals surface area (Å²) >= 11 is 22.2. The Morgan fingerprint density at radius 1 is 1.00 bits per heavy atom. The van der Waals surface area contributed by atoms with Gasteiger partial charge in [0.1, 0.15) is 11.8 Å². The third-order valence-corrected chi connectivity index (χ3v) is 7.25. The average molecular weight is 627 g/mol. The number of amides is 2. The van der Waals surface area contributed by atoms with Crippen LogP contribution in [0.1, 0.15) is 31.4 Å². The van der Waals surface area contributed by atoms with Crippen LogP contribution < -0.4 is 10.1 Å². The summed E-state index contributed by atoms with van der Waals surface area (Å²) in [6.45, 7) is 3.70. The highest BCUT2D eigenvalue weighted by Crippen LogP contribution is 2.28. The molecule has 0 heterocycles. The van der Waals surface area contributed by atoms with Gasteiger partial charge in [-0.2, -0.15) is 0 Å². The van der Waals surface area contributed by atoms with Crippen molar-refractivity contribution in [2.75, 3.05) is 6.61 Å². The Balaban J connectivity index is 1.95. The number of ether oxygens (including phenoxy) is 1. The van der Waals surface area contributed by atoms with Gasteiger partial charge in [-0.1, -0.05) is 94.1 Å². The maximum Gasteiger partial charge on any atom is 0.261 e. The second-order valence-corrected chi connectivity index (χ2v) is 10.8. The van der Waals surface area contributed by atoms with Gasteiger partial charge in [-0.05, 0) is 54.8 Å². The molecule has 2 atom stereocenters. The predicted molar refractivity (Wildman–Crippen MR) is 153 cm³/mol. The van der Waals surface area contributed by atoms with Gasteiger partial charge in [0.15, 0.2) is 6.61 Å². The standard InChI is InChI=1S/C28H28BrCl3N2O3/c1-3-18(2)33-28(36)25(13-19-7-5-4-6-8-19)34(16-20-9-11-22(30)15-23(20)31)27(35)17-37-26-12-10-21(29)14-24(26)32/h4-12,14-15,18,25H,3,13,16-17H2,1-2H3,(H,33,36)/t18-,25-/m1/s1. The number of carbonyl (C=O) groups excluding carboxylic acids is 2. The van der Waals surface area contributed by atoms with Gasteiger partial charge in [0.25, 0.3) is 5.91 Å². The Bertz CT molecular complexity index is 1230. The van der Waals surface area contributed by atoms with Crippen molar-refractivity contribution in [3.05, 3.63) is 97.4 Å². The molecule has 9 heteroatoms. The minimum Gasteiger partial charge on any atom is -0.482 e. The molecule has 0 bridgehead atoms. The lowest BCUT2D eigenvalue weighted by atomic mass is 10.0. The summed E-state index contributed by atoms with van der Waals surface area (Å²) in [5.74, 6) is -0.269. The number of nitrogens with zero attached hydrogens (tertiary/aromatic N) is 1. The van der Waals surface area contributed by atoms with Crippen molar-refractivity contribution in [2.24, 2.45) is 0 Å². The molecule has 0 fully saturated rings. The topological polar surface area (TPSA) is 58.6 Å². The third-order valence-electron chi connectivity index (χ3n) is 5.87. The van der Waals surface area contributed by atoms with Crippen molar-refractivity contribution in [1.29, 1.82) is 0 Å². The molecule has 0 spiro atoms. The Morgan fingerprint density at radius 2 is 1.73 bits per heavy atom. The summed E-state index contributed by atoms with van der Waals surface area (Å²) in [4.78, 5) is 28.7. The van der Waals surface area contributed by atoms with E-state index in [1.807, 2.05) is 44.2 Å². The summed E-state index contributed by atoms with van der Waals surface area (Å²) in [5, 5.41) is 4.28. The van der Waals surface area contributed by atoms with Crippen molar-refractivity contribution in [3.8, 4) is 5.75 Å². The lowest BCUT2D eigenvalue weighted by Crippen LogP contribution is -2.53. The first-order valence-corrected chi connectivity index (χ1v) is 13.8. The zero-order valence-electron chi connectivity index (χ0n) is 20.5. The fourth-order valence-corrected chi connectivity index (χ4v) is 4.84. The monoisotopic (exact) mass is 624 g/mol. The third kappa shape index (κ3) is 8.64. The van der Waals surface area contributed by atoms with Crippen molar-refractivity contribution < 1.29 is 14.3 Å². The van der Waals surface area contributed by atoms with Crippen LogP contribution in [0.5, 0.6) is 5.75 Å². The van der Waals surface area contributed by atoms with Crippen molar-refractivity contribution in [1.82, 2.24) is 10.2 Å². The fraction of sp³-hybridized carbons (Fsp3) is 0.286. The van der Waals surface area contributed by atoms with Gasteiger partial charge < -0.3 is 15.0 Å². The number of halogens is 4. The molecule has 3 aromatic rings. The van der Waals surface area contributed by atoms with Crippen LogP contribution >= 0.6 is 50.7 Å². The average Bonchev–Trinajstić information content (AvgIpc) is 2.87. The van der Waals surface area contributed by atoms with E-state index in [4.69, 9.17) is 39.5 Å². The summed E-state index contributed by atoms with van der Waals surface area (Å²) in [5.41, 5.74) is 1.58. The minimum absolute atomic E-state index is 0.0559. The number of hydrogen-bond donors (Lipinski definition) is 1. The zero-order chi connectivity index (χ0) is 26.9. The number of hydrogen-bond acceptors (Lipinski definition) is 3. The zero-order valence-corrected chi connectivity index (χ0v) is 24.4. The van der Waals surface area contributed by atoms with E-state index in [9.17, 15) is 9.59 Å². The summed E-state index contributed by atoms with van der Waals surface area (Å²) < 4.78 is 6.57. The highest BCUT2D eigenvalue weighted by molar-refractivity contribution is 9.10. The maximum absolute atomic E-state index is 13.7.